The summed E-state index contributed by atoms with van der Waals surface area (Å²) in [5, 5.41) is 0. The second-order valence-electron chi connectivity index (χ2n) is 5.07. The Morgan fingerprint density at radius 1 is 0.900 bits per heavy atom. The van der Waals surface area contributed by atoms with Gasteiger partial charge in [0.1, 0.15) is 11.5 Å². The van der Waals surface area contributed by atoms with E-state index in [1.165, 1.54) is 5.56 Å². The first-order chi connectivity index (χ1) is 9.69. The maximum absolute atomic E-state index is 5.67. The van der Waals surface area contributed by atoms with Crippen LogP contribution in [0.5, 0.6) is 11.5 Å². The van der Waals surface area contributed by atoms with Crippen LogP contribution in [0.2, 0.25) is 0 Å². The van der Waals surface area contributed by atoms with Gasteiger partial charge >= 0.3 is 0 Å². The van der Waals surface area contributed by atoms with Crippen LogP contribution >= 0.6 is 0 Å². The molecule has 2 heteroatoms. The average molecular weight is 270 g/mol. The summed E-state index contributed by atoms with van der Waals surface area (Å²) in [7, 11) is 0. The van der Waals surface area contributed by atoms with Crippen molar-refractivity contribution in [2.24, 2.45) is 0 Å². The molecule has 2 nitrogen and oxygen atoms in total. The van der Waals surface area contributed by atoms with E-state index in [0.717, 1.165) is 30.1 Å². The minimum Gasteiger partial charge on any atom is -0.494 e. The van der Waals surface area contributed by atoms with Crippen molar-refractivity contribution in [3.8, 4) is 22.6 Å². The summed E-state index contributed by atoms with van der Waals surface area (Å²) in [6.45, 7) is 6.92. The van der Waals surface area contributed by atoms with Gasteiger partial charge in [-0.15, -0.1) is 0 Å². The van der Waals surface area contributed by atoms with E-state index in [1.807, 2.05) is 38.1 Å². The van der Waals surface area contributed by atoms with E-state index < -0.39 is 0 Å². The minimum atomic E-state index is 0.201. The number of hydrogen-bond acceptors (Lipinski definition) is 2. The van der Waals surface area contributed by atoms with E-state index in [9.17, 15) is 0 Å². The lowest BCUT2D eigenvalue weighted by Crippen LogP contribution is -2.05. The lowest BCUT2D eigenvalue weighted by molar-refractivity contribution is 0.242. The van der Waals surface area contributed by atoms with Crippen LogP contribution in [0.1, 0.15) is 27.2 Å². The molecule has 0 heterocycles. The molecule has 0 N–H and O–H groups in total. The second-order valence-corrected chi connectivity index (χ2v) is 5.07. The third-order valence-electron chi connectivity index (χ3n) is 2.87. The molecule has 0 radical (unpaired) electrons. The Kier molecular flexibility index (Phi) is 5.05. The molecule has 0 saturated carbocycles. The van der Waals surface area contributed by atoms with Crippen molar-refractivity contribution in [1.82, 2.24) is 0 Å². The lowest BCUT2D eigenvalue weighted by atomic mass is 10.1. The largest absolute Gasteiger partial charge is 0.494 e. The Balaban J connectivity index is 2.14. The first kappa shape index (κ1) is 14.4. The van der Waals surface area contributed by atoms with Crippen LogP contribution in [0.3, 0.4) is 0 Å². The standard InChI is InChI=1S/C18H22O2/c1-4-12-19-18-7-5-6-16(13-18)15-8-10-17(11-9-15)20-14(2)3/h5-11,13-14H,4,12H2,1-3H3. The fraction of sp³-hybridized carbons (Fsp3) is 0.333. The van der Waals surface area contributed by atoms with Gasteiger partial charge in [-0.1, -0.05) is 31.2 Å². The summed E-state index contributed by atoms with van der Waals surface area (Å²) in [6.07, 6.45) is 1.22. The van der Waals surface area contributed by atoms with Crippen molar-refractivity contribution in [1.29, 1.82) is 0 Å². The summed E-state index contributed by atoms with van der Waals surface area (Å²) in [5.41, 5.74) is 2.33. The molecule has 0 spiro atoms. The zero-order valence-corrected chi connectivity index (χ0v) is 12.4. The zero-order valence-electron chi connectivity index (χ0n) is 12.4. The van der Waals surface area contributed by atoms with E-state index in [2.05, 4.69) is 31.2 Å². The molecule has 0 bridgehead atoms. The minimum absolute atomic E-state index is 0.201. The molecule has 0 aliphatic carbocycles. The van der Waals surface area contributed by atoms with Gasteiger partial charge in [-0.05, 0) is 55.7 Å². The van der Waals surface area contributed by atoms with Crippen molar-refractivity contribution in [2.45, 2.75) is 33.3 Å². The average Bonchev–Trinajstić information content (AvgIpc) is 2.45. The summed E-state index contributed by atoms with van der Waals surface area (Å²) >= 11 is 0. The highest BCUT2D eigenvalue weighted by Crippen LogP contribution is 2.26. The van der Waals surface area contributed by atoms with E-state index in [0.29, 0.717) is 0 Å². The summed E-state index contributed by atoms with van der Waals surface area (Å²) in [5.74, 6) is 1.83. The quantitative estimate of drug-likeness (QED) is 0.741. The highest BCUT2D eigenvalue weighted by molar-refractivity contribution is 5.65. The molecule has 2 rings (SSSR count). The van der Waals surface area contributed by atoms with Gasteiger partial charge in [0.05, 0.1) is 12.7 Å². The fourth-order valence-corrected chi connectivity index (χ4v) is 1.98. The number of ether oxygens (including phenoxy) is 2. The van der Waals surface area contributed by atoms with Crippen LogP contribution in [0.4, 0.5) is 0 Å². The van der Waals surface area contributed by atoms with Gasteiger partial charge in [0.2, 0.25) is 0 Å². The molecule has 0 unspecified atom stereocenters. The topological polar surface area (TPSA) is 18.5 Å². The van der Waals surface area contributed by atoms with Gasteiger partial charge < -0.3 is 9.47 Å². The normalized spacial score (nSPS) is 10.6. The van der Waals surface area contributed by atoms with Crippen molar-refractivity contribution in [2.75, 3.05) is 6.61 Å². The third kappa shape index (κ3) is 4.02. The molecule has 2 aromatic carbocycles. The van der Waals surface area contributed by atoms with Crippen LogP contribution in [-0.2, 0) is 0 Å². The number of rotatable bonds is 6. The molecule has 0 fully saturated rings. The summed E-state index contributed by atoms with van der Waals surface area (Å²) in [6, 6.07) is 16.4. The molecule has 0 aliphatic rings. The van der Waals surface area contributed by atoms with E-state index in [-0.39, 0.29) is 6.10 Å². The lowest BCUT2D eigenvalue weighted by Gasteiger charge is -2.11. The molecule has 0 atom stereocenters. The Labute approximate surface area is 121 Å². The molecule has 0 aliphatic heterocycles. The van der Waals surface area contributed by atoms with Gasteiger partial charge in [-0.25, -0.2) is 0 Å². The predicted octanol–water partition coefficient (Wildman–Crippen LogP) is 4.93. The maximum atomic E-state index is 5.67. The van der Waals surface area contributed by atoms with Crippen LogP contribution < -0.4 is 9.47 Å². The van der Waals surface area contributed by atoms with Gasteiger partial charge in [-0.2, -0.15) is 0 Å². The third-order valence-corrected chi connectivity index (χ3v) is 2.87. The molecular formula is C18H22O2. The van der Waals surface area contributed by atoms with Crippen molar-refractivity contribution in [3.63, 3.8) is 0 Å². The smallest absolute Gasteiger partial charge is 0.119 e. The first-order valence-electron chi connectivity index (χ1n) is 7.19. The van der Waals surface area contributed by atoms with Crippen LogP contribution in [0.15, 0.2) is 48.5 Å². The van der Waals surface area contributed by atoms with Crippen LogP contribution in [0.25, 0.3) is 11.1 Å². The molecule has 0 amide bonds. The van der Waals surface area contributed by atoms with Gasteiger partial charge in [0.25, 0.3) is 0 Å². The number of benzene rings is 2. The van der Waals surface area contributed by atoms with Crippen molar-refractivity contribution < 1.29 is 9.47 Å². The molecule has 0 saturated heterocycles. The van der Waals surface area contributed by atoms with E-state index in [4.69, 9.17) is 9.47 Å². The molecule has 0 aromatic heterocycles. The summed E-state index contributed by atoms with van der Waals surface area (Å²) < 4.78 is 11.3. The summed E-state index contributed by atoms with van der Waals surface area (Å²) in [4.78, 5) is 0. The second kappa shape index (κ2) is 6.99. The zero-order chi connectivity index (χ0) is 14.4. The van der Waals surface area contributed by atoms with E-state index >= 15 is 0 Å². The Hall–Kier alpha value is -1.96. The number of hydrogen-bond donors (Lipinski definition) is 0. The Bertz CT molecular complexity index is 529. The highest BCUT2D eigenvalue weighted by Gasteiger charge is 2.02. The molecular weight excluding hydrogens is 248 g/mol. The molecule has 2 aromatic rings. The molecule has 20 heavy (non-hydrogen) atoms. The van der Waals surface area contributed by atoms with Gasteiger partial charge in [0.15, 0.2) is 0 Å². The van der Waals surface area contributed by atoms with Crippen molar-refractivity contribution >= 4 is 0 Å². The fourth-order valence-electron chi connectivity index (χ4n) is 1.98. The Morgan fingerprint density at radius 2 is 1.65 bits per heavy atom. The van der Waals surface area contributed by atoms with E-state index in [1.54, 1.807) is 0 Å². The SMILES string of the molecule is CCCOc1cccc(-c2ccc(OC(C)C)cc2)c1. The molecule has 106 valence electrons. The monoisotopic (exact) mass is 270 g/mol. The maximum Gasteiger partial charge on any atom is 0.119 e. The highest BCUT2D eigenvalue weighted by atomic mass is 16.5. The van der Waals surface area contributed by atoms with Crippen molar-refractivity contribution in [3.05, 3.63) is 48.5 Å². The van der Waals surface area contributed by atoms with Crippen LogP contribution in [-0.4, -0.2) is 12.7 Å². The van der Waals surface area contributed by atoms with Gasteiger partial charge in [-0.3, -0.25) is 0 Å². The van der Waals surface area contributed by atoms with Crippen LogP contribution in [0, 0.1) is 0 Å². The Morgan fingerprint density at radius 3 is 2.30 bits per heavy atom. The first-order valence-corrected chi connectivity index (χ1v) is 7.19. The van der Waals surface area contributed by atoms with Gasteiger partial charge in [0, 0.05) is 0 Å². The predicted molar refractivity (Wildman–Crippen MR) is 83.4 cm³/mol.